The number of ether oxygens (including phenoxy) is 1. The van der Waals surface area contributed by atoms with E-state index in [1.807, 2.05) is 12.3 Å². The third kappa shape index (κ3) is 3.27. The Bertz CT molecular complexity index is 348. The number of aryl methyl sites for hydroxylation is 1. The van der Waals surface area contributed by atoms with Gasteiger partial charge in [-0.15, -0.1) is 0 Å². The van der Waals surface area contributed by atoms with Crippen molar-refractivity contribution in [3.63, 3.8) is 0 Å². The van der Waals surface area contributed by atoms with E-state index >= 15 is 0 Å². The van der Waals surface area contributed by atoms with Gasteiger partial charge in [-0.2, -0.15) is 0 Å². The minimum absolute atomic E-state index is 0.358. The number of hydrogen-bond donors (Lipinski definition) is 1. The molecule has 0 radical (unpaired) electrons. The maximum atomic E-state index is 10.2. The van der Waals surface area contributed by atoms with Gasteiger partial charge in [-0.1, -0.05) is 6.92 Å². The van der Waals surface area contributed by atoms with Crippen molar-refractivity contribution in [1.29, 1.82) is 0 Å². The zero-order chi connectivity index (χ0) is 12.1. The van der Waals surface area contributed by atoms with Crippen LogP contribution >= 0.6 is 0 Å². The van der Waals surface area contributed by atoms with Crippen LogP contribution in [0.15, 0.2) is 18.5 Å². The van der Waals surface area contributed by atoms with Crippen molar-refractivity contribution in [2.45, 2.75) is 51.2 Å². The minimum Gasteiger partial charge on any atom is -0.388 e. The van der Waals surface area contributed by atoms with E-state index in [0.717, 1.165) is 49.8 Å². The highest BCUT2D eigenvalue weighted by molar-refractivity contribution is 5.25. The third-order valence-electron chi connectivity index (χ3n) is 3.47. The zero-order valence-electron chi connectivity index (χ0n) is 10.4. The minimum atomic E-state index is -0.378. The SMILES string of the molecule is CCc1cnccc1C(O)CCC1CCCO1. The molecule has 2 unspecified atom stereocenters. The van der Waals surface area contributed by atoms with Gasteiger partial charge in [0.1, 0.15) is 0 Å². The van der Waals surface area contributed by atoms with Crippen LogP contribution in [0.5, 0.6) is 0 Å². The molecule has 0 amide bonds. The number of hydrogen-bond acceptors (Lipinski definition) is 3. The molecular formula is C14H21NO2. The summed E-state index contributed by atoms with van der Waals surface area (Å²) < 4.78 is 5.57. The van der Waals surface area contributed by atoms with Gasteiger partial charge in [0, 0.05) is 19.0 Å². The number of pyridine rings is 1. The number of rotatable bonds is 5. The van der Waals surface area contributed by atoms with Crippen LogP contribution in [0.4, 0.5) is 0 Å². The van der Waals surface area contributed by atoms with Gasteiger partial charge in [0.05, 0.1) is 12.2 Å². The standard InChI is InChI=1S/C14H21NO2/c1-2-11-10-15-8-7-13(11)14(16)6-5-12-4-3-9-17-12/h7-8,10,12,14,16H,2-6,9H2,1H3. The molecule has 0 bridgehead atoms. The van der Waals surface area contributed by atoms with Gasteiger partial charge in [0.25, 0.3) is 0 Å². The lowest BCUT2D eigenvalue weighted by Crippen LogP contribution is -2.09. The fraction of sp³-hybridized carbons (Fsp3) is 0.643. The Hall–Kier alpha value is -0.930. The van der Waals surface area contributed by atoms with Gasteiger partial charge in [0.15, 0.2) is 0 Å². The Morgan fingerprint density at radius 3 is 3.18 bits per heavy atom. The molecule has 1 aromatic rings. The lowest BCUT2D eigenvalue weighted by molar-refractivity contribution is 0.0810. The smallest absolute Gasteiger partial charge is 0.0794 e. The largest absolute Gasteiger partial charge is 0.388 e. The van der Waals surface area contributed by atoms with Crippen LogP contribution in [0.1, 0.15) is 49.8 Å². The quantitative estimate of drug-likeness (QED) is 0.853. The number of aliphatic hydroxyl groups is 1. The third-order valence-corrected chi connectivity index (χ3v) is 3.47. The first-order chi connectivity index (χ1) is 8.31. The Morgan fingerprint density at radius 2 is 2.47 bits per heavy atom. The van der Waals surface area contributed by atoms with Gasteiger partial charge in [-0.05, 0) is 49.3 Å². The van der Waals surface area contributed by atoms with Crippen LogP contribution in [0.3, 0.4) is 0 Å². The van der Waals surface area contributed by atoms with E-state index in [-0.39, 0.29) is 6.10 Å². The summed E-state index contributed by atoms with van der Waals surface area (Å²) in [4.78, 5) is 4.10. The molecule has 1 aliphatic rings. The van der Waals surface area contributed by atoms with Crippen molar-refractivity contribution < 1.29 is 9.84 Å². The summed E-state index contributed by atoms with van der Waals surface area (Å²) in [6.07, 6.45) is 8.54. The molecule has 3 heteroatoms. The number of aliphatic hydroxyl groups excluding tert-OH is 1. The molecule has 1 aliphatic heterocycles. The molecule has 2 heterocycles. The fourth-order valence-electron chi connectivity index (χ4n) is 2.43. The van der Waals surface area contributed by atoms with Crippen molar-refractivity contribution in [3.05, 3.63) is 29.6 Å². The Labute approximate surface area is 103 Å². The topological polar surface area (TPSA) is 42.4 Å². The summed E-state index contributed by atoms with van der Waals surface area (Å²) in [5.41, 5.74) is 2.17. The van der Waals surface area contributed by atoms with E-state index in [4.69, 9.17) is 4.74 Å². The first-order valence-corrected chi connectivity index (χ1v) is 6.53. The highest BCUT2D eigenvalue weighted by atomic mass is 16.5. The molecule has 0 spiro atoms. The average molecular weight is 235 g/mol. The van der Waals surface area contributed by atoms with Crippen molar-refractivity contribution in [3.8, 4) is 0 Å². The predicted molar refractivity (Wildman–Crippen MR) is 66.8 cm³/mol. The summed E-state index contributed by atoms with van der Waals surface area (Å²) in [6, 6.07) is 1.93. The molecule has 0 saturated carbocycles. The van der Waals surface area contributed by atoms with E-state index in [1.54, 1.807) is 6.20 Å². The Kier molecular flexibility index (Phi) is 4.51. The van der Waals surface area contributed by atoms with Gasteiger partial charge in [0.2, 0.25) is 0 Å². The van der Waals surface area contributed by atoms with Gasteiger partial charge in [-0.3, -0.25) is 4.98 Å². The van der Waals surface area contributed by atoms with Crippen LogP contribution in [0.25, 0.3) is 0 Å². The summed E-state index contributed by atoms with van der Waals surface area (Å²) in [5.74, 6) is 0. The van der Waals surface area contributed by atoms with E-state index in [1.165, 1.54) is 0 Å². The highest BCUT2D eigenvalue weighted by Crippen LogP contribution is 2.25. The van der Waals surface area contributed by atoms with Crippen LogP contribution in [-0.2, 0) is 11.2 Å². The van der Waals surface area contributed by atoms with Crippen molar-refractivity contribution in [1.82, 2.24) is 4.98 Å². The monoisotopic (exact) mass is 235 g/mol. The predicted octanol–water partition coefficient (Wildman–Crippen LogP) is 2.64. The van der Waals surface area contributed by atoms with Crippen molar-refractivity contribution >= 4 is 0 Å². The number of aromatic nitrogens is 1. The summed E-state index contributed by atoms with van der Waals surface area (Å²) in [6.45, 7) is 2.98. The molecule has 17 heavy (non-hydrogen) atoms. The van der Waals surface area contributed by atoms with Crippen molar-refractivity contribution in [2.75, 3.05) is 6.61 Å². The lowest BCUT2D eigenvalue weighted by Gasteiger charge is -2.16. The summed E-state index contributed by atoms with van der Waals surface area (Å²) in [5, 5.41) is 10.2. The highest BCUT2D eigenvalue weighted by Gasteiger charge is 2.18. The van der Waals surface area contributed by atoms with E-state index in [2.05, 4.69) is 11.9 Å². The average Bonchev–Trinajstić information content (AvgIpc) is 2.89. The van der Waals surface area contributed by atoms with Crippen LogP contribution < -0.4 is 0 Å². The molecule has 1 saturated heterocycles. The molecular weight excluding hydrogens is 214 g/mol. The van der Waals surface area contributed by atoms with Gasteiger partial charge >= 0.3 is 0 Å². The lowest BCUT2D eigenvalue weighted by atomic mass is 9.98. The van der Waals surface area contributed by atoms with Crippen LogP contribution in [-0.4, -0.2) is 22.8 Å². The van der Waals surface area contributed by atoms with Crippen LogP contribution in [0.2, 0.25) is 0 Å². The normalized spacial score (nSPS) is 21.6. The summed E-state index contributed by atoms with van der Waals surface area (Å²) in [7, 11) is 0. The maximum Gasteiger partial charge on any atom is 0.0794 e. The number of nitrogens with zero attached hydrogens (tertiary/aromatic N) is 1. The van der Waals surface area contributed by atoms with Crippen LogP contribution in [0, 0.1) is 0 Å². The van der Waals surface area contributed by atoms with E-state index < -0.39 is 0 Å². The zero-order valence-corrected chi connectivity index (χ0v) is 10.4. The van der Waals surface area contributed by atoms with E-state index in [0.29, 0.717) is 6.10 Å². The Balaban J connectivity index is 1.91. The maximum absolute atomic E-state index is 10.2. The second-order valence-corrected chi connectivity index (χ2v) is 4.66. The van der Waals surface area contributed by atoms with Gasteiger partial charge < -0.3 is 9.84 Å². The molecule has 0 aliphatic carbocycles. The molecule has 2 rings (SSSR count). The second-order valence-electron chi connectivity index (χ2n) is 4.66. The molecule has 0 aromatic carbocycles. The molecule has 2 atom stereocenters. The second kappa shape index (κ2) is 6.12. The molecule has 1 N–H and O–H groups in total. The summed E-state index contributed by atoms with van der Waals surface area (Å²) >= 11 is 0. The first kappa shape index (κ1) is 12.5. The molecule has 1 fully saturated rings. The van der Waals surface area contributed by atoms with Crippen molar-refractivity contribution in [2.24, 2.45) is 0 Å². The first-order valence-electron chi connectivity index (χ1n) is 6.53. The molecule has 3 nitrogen and oxygen atoms in total. The van der Waals surface area contributed by atoms with E-state index in [9.17, 15) is 5.11 Å². The van der Waals surface area contributed by atoms with Gasteiger partial charge in [-0.25, -0.2) is 0 Å². The molecule has 94 valence electrons. The fourth-order valence-corrected chi connectivity index (χ4v) is 2.43. The Morgan fingerprint density at radius 1 is 1.59 bits per heavy atom. The molecule has 1 aromatic heterocycles.